The number of nitrogens with zero attached hydrogens (tertiary/aromatic N) is 2. The van der Waals surface area contributed by atoms with E-state index in [-0.39, 0.29) is 6.17 Å². The van der Waals surface area contributed by atoms with Crippen LogP contribution in [0.15, 0.2) is 96.0 Å². The first-order valence-corrected chi connectivity index (χ1v) is 9.95. The van der Waals surface area contributed by atoms with Crippen LogP contribution in [0.1, 0.15) is 11.7 Å². The number of para-hydroxylation sites is 3. The molecule has 2 aliphatic rings. The van der Waals surface area contributed by atoms with Crippen molar-refractivity contribution in [3.8, 4) is 11.1 Å². The van der Waals surface area contributed by atoms with Gasteiger partial charge in [-0.25, -0.2) is 4.99 Å². The van der Waals surface area contributed by atoms with E-state index in [0.717, 1.165) is 17.1 Å². The van der Waals surface area contributed by atoms with Crippen LogP contribution in [-0.2, 0) is 0 Å². The second kappa shape index (κ2) is 5.36. The topological polar surface area (TPSA) is 29.3 Å². The second-order valence-corrected chi connectivity index (χ2v) is 7.73. The van der Waals surface area contributed by atoms with Gasteiger partial charge in [0.1, 0.15) is 6.17 Å². The zero-order valence-corrected chi connectivity index (χ0v) is 15.6. The van der Waals surface area contributed by atoms with Gasteiger partial charge in [-0.3, -0.25) is 0 Å². The molecule has 0 saturated heterocycles. The molecule has 136 valence electrons. The average molecular weight is 371 g/mol. The molecule has 1 aromatic heterocycles. The molecule has 3 heteroatoms. The second-order valence-electron chi connectivity index (χ2n) is 7.73. The molecule has 0 radical (unpaired) electrons. The first-order chi connectivity index (χ1) is 14.4. The molecule has 3 heterocycles. The van der Waals surface area contributed by atoms with E-state index >= 15 is 0 Å². The lowest BCUT2D eigenvalue weighted by Crippen LogP contribution is -2.24. The van der Waals surface area contributed by atoms with Gasteiger partial charge in [0, 0.05) is 16.3 Å². The van der Waals surface area contributed by atoms with Crippen molar-refractivity contribution in [2.75, 3.05) is 5.32 Å². The molecule has 1 N–H and O–H groups in total. The summed E-state index contributed by atoms with van der Waals surface area (Å²) in [6.45, 7) is 0. The van der Waals surface area contributed by atoms with Crippen molar-refractivity contribution in [1.29, 1.82) is 0 Å². The van der Waals surface area contributed by atoms with Crippen LogP contribution < -0.4 is 5.32 Å². The molecule has 0 bridgehead atoms. The molecule has 5 aromatic rings. The van der Waals surface area contributed by atoms with Crippen LogP contribution in [0.5, 0.6) is 0 Å². The van der Waals surface area contributed by atoms with E-state index in [1.54, 1.807) is 0 Å². The van der Waals surface area contributed by atoms with Crippen LogP contribution in [0.25, 0.3) is 32.9 Å². The molecule has 7 rings (SSSR count). The highest BCUT2D eigenvalue weighted by Gasteiger charge is 2.36. The van der Waals surface area contributed by atoms with Crippen LogP contribution in [0.2, 0.25) is 0 Å². The summed E-state index contributed by atoms with van der Waals surface area (Å²) >= 11 is 0. The lowest BCUT2D eigenvalue weighted by molar-refractivity contribution is 0.779. The van der Waals surface area contributed by atoms with Crippen molar-refractivity contribution in [2.45, 2.75) is 6.17 Å². The van der Waals surface area contributed by atoms with Crippen molar-refractivity contribution < 1.29 is 0 Å². The Morgan fingerprint density at radius 2 is 1.52 bits per heavy atom. The molecular weight excluding hydrogens is 354 g/mol. The number of hydrogen-bond acceptors (Lipinski definition) is 2. The minimum atomic E-state index is 0.0216. The maximum absolute atomic E-state index is 5.09. The van der Waals surface area contributed by atoms with Gasteiger partial charge in [-0.1, -0.05) is 60.7 Å². The largest absolute Gasteiger partial charge is 0.358 e. The van der Waals surface area contributed by atoms with Crippen LogP contribution in [0, 0.1) is 0 Å². The van der Waals surface area contributed by atoms with Gasteiger partial charge in [0.2, 0.25) is 0 Å². The molecule has 1 atom stereocenters. The third-order valence-electron chi connectivity index (χ3n) is 6.14. The lowest BCUT2D eigenvalue weighted by Gasteiger charge is -2.25. The monoisotopic (exact) mass is 371 g/mol. The third-order valence-corrected chi connectivity index (χ3v) is 6.14. The van der Waals surface area contributed by atoms with Gasteiger partial charge >= 0.3 is 0 Å². The van der Waals surface area contributed by atoms with Gasteiger partial charge in [0.15, 0.2) is 0 Å². The summed E-state index contributed by atoms with van der Waals surface area (Å²) in [6, 6.07) is 32.2. The van der Waals surface area contributed by atoms with E-state index < -0.39 is 0 Å². The zero-order chi connectivity index (χ0) is 18.9. The lowest BCUT2D eigenvalue weighted by atomic mass is 9.97. The van der Waals surface area contributed by atoms with Crippen molar-refractivity contribution >= 4 is 38.9 Å². The number of hydrogen-bond donors (Lipinski definition) is 1. The molecule has 0 saturated carbocycles. The number of aromatic nitrogens is 1. The highest BCUT2D eigenvalue weighted by molar-refractivity contribution is 6.25. The SMILES string of the molecule is c1ccc(-c2cc3c4c(c2)c2ccccc2n4C2Nc4ccccc4N=C32)cc1. The van der Waals surface area contributed by atoms with Crippen molar-refractivity contribution in [3.63, 3.8) is 0 Å². The van der Waals surface area contributed by atoms with Gasteiger partial charge in [0.05, 0.1) is 28.1 Å². The quantitative estimate of drug-likeness (QED) is 0.357. The predicted molar refractivity (Wildman–Crippen MR) is 120 cm³/mol. The standard InChI is InChI=1S/C26H17N3/c1-2-8-16(9-3-1)17-14-19-18-10-4-7-13-23(18)29-25(19)20(15-17)24-26(29)28-22-12-6-5-11-21(22)27-24/h1-15,26,28H. The number of nitrogens with one attached hydrogen (secondary N) is 1. The van der Waals surface area contributed by atoms with Crippen molar-refractivity contribution in [2.24, 2.45) is 4.99 Å². The Morgan fingerprint density at radius 1 is 0.724 bits per heavy atom. The Kier molecular flexibility index (Phi) is 2.79. The van der Waals surface area contributed by atoms with Gasteiger partial charge in [-0.15, -0.1) is 0 Å². The number of benzene rings is 4. The average Bonchev–Trinajstić information content (AvgIpc) is 3.29. The van der Waals surface area contributed by atoms with Gasteiger partial charge in [0.25, 0.3) is 0 Å². The van der Waals surface area contributed by atoms with Gasteiger partial charge in [-0.05, 0) is 41.5 Å². The smallest absolute Gasteiger partial charge is 0.148 e. The molecule has 2 aliphatic heterocycles. The molecule has 0 spiro atoms. The van der Waals surface area contributed by atoms with E-state index in [9.17, 15) is 0 Å². The summed E-state index contributed by atoms with van der Waals surface area (Å²) < 4.78 is 2.42. The number of fused-ring (bicyclic) bond motifs is 7. The van der Waals surface area contributed by atoms with E-state index in [1.807, 2.05) is 6.07 Å². The molecule has 29 heavy (non-hydrogen) atoms. The minimum absolute atomic E-state index is 0.0216. The first-order valence-electron chi connectivity index (χ1n) is 9.95. The number of rotatable bonds is 1. The maximum atomic E-state index is 5.09. The molecular formula is C26H17N3. The van der Waals surface area contributed by atoms with E-state index in [0.29, 0.717) is 0 Å². The summed E-state index contributed by atoms with van der Waals surface area (Å²) in [6.07, 6.45) is 0.0216. The fraction of sp³-hybridized carbons (Fsp3) is 0.0385. The van der Waals surface area contributed by atoms with E-state index in [2.05, 4.69) is 94.8 Å². The summed E-state index contributed by atoms with van der Waals surface area (Å²) in [7, 11) is 0. The van der Waals surface area contributed by atoms with Gasteiger partial charge < -0.3 is 9.88 Å². The number of aliphatic imine (C=N–C) groups is 1. The Bertz CT molecular complexity index is 1470. The summed E-state index contributed by atoms with van der Waals surface area (Å²) in [5.74, 6) is 0. The van der Waals surface area contributed by atoms with Crippen LogP contribution >= 0.6 is 0 Å². The minimum Gasteiger partial charge on any atom is -0.358 e. The molecule has 4 aromatic carbocycles. The summed E-state index contributed by atoms with van der Waals surface area (Å²) in [4.78, 5) is 5.09. The fourth-order valence-electron chi connectivity index (χ4n) is 4.89. The van der Waals surface area contributed by atoms with Gasteiger partial charge in [-0.2, -0.15) is 0 Å². The Labute approximate surface area is 167 Å². The third kappa shape index (κ3) is 1.94. The molecule has 3 nitrogen and oxygen atoms in total. The Hall–Kier alpha value is -3.85. The fourth-order valence-corrected chi connectivity index (χ4v) is 4.89. The van der Waals surface area contributed by atoms with E-state index in [4.69, 9.17) is 4.99 Å². The highest BCUT2D eigenvalue weighted by atomic mass is 15.2. The van der Waals surface area contributed by atoms with Crippen molar-refractivity contribution in [1.82, 2.24) is 4.57 Å². The highest BCUT2D eigenvalue weighted by Crippen LogP contribution is 2.46. The molecule has 0 fully saturated rings. The Balaban J connectivity index is 1.61. The maximum Gasteiger partial charge on any atom is 0.148 e. The first kappa shape index (κ1) is 15.1. The zero-order valence-electron chi connectivity index (χ0n) is 15.6. The summed E-state index contributed by atoms with van der Waals surface area (Å²) in [5, 5.41) is 6.32. The van der Waals surface area contributed by atoms with Crippen LogP contribution in [0.3, 0.4) is 0 Å². The molecule has 0 amide bonds. The Morgan fingerprint density at radius 3 is 2.45 bits per heavy atom. The normalized spacial score (nSPS) is 16.4. The summed E-state index contributed by atoms with van der Waals surface area (Å²) in [5.41, 5.74) is 9.41. The van der Waals surface area contributed by atoms with Crippen LogP contribution in [0.4, 0.5) is 11.4 Å². The molecule has 0 aliphatic carbocycles. The van der Waals surface area contributed by atoms with Crippen LogP contribution in [-0.4, -0.2) is 10.3 Å². The number of anilines is 1. The predicted octanol–water partition coefficient (Wildman–Crippen LogP) is 6.52. The van der Waals surface area contributed by atoms with Crippen molar-refractivity contribution in [3.05, 3.63) is 96.6 Å². The van der Waals surface area contributed by atoms with E-state index in [1.165, 1.54) is 38.5 Å². The molecule has 1 unspecified atom stereocenters.